The Kier molecular flexibility index (Phi) is 5.61. The maximum Gasteiger partial charge on any atom is 0.251 e. The first-order valence-electron chi connectivity index (χ1n) is 9.35. The van der Waals surface area contributed by atoms with E-state index in [2.05, 4.69) is 39.5 Å². The van der Waals surface area contributed by atoms with Gasteiger partial charge >= 0.3 is 0 Å². The molecule has 4 rings (SSSR count). The molecule has 1 aliphatic rings. The molecule has 4 nitrogen and oxygen atoms in total. The summed E-state index contributed by atoms with van der Waals surface area (Å²) in [5.74, 6) is -0.00304. The van der Waals surface area contributed by atoms with E-state index in [-0.39, 0.29) is 11.9 Å². The number of thiophene rings is 1. The summed E-state index contributed by atoms with van der Waals surface area (Å²) >= 11 is 1.63. The Bertz CT molecular complexity index is 872. The van der Waals surface area contributed by atoms with Crippen LogP contribution < -0.4 is 5.32 Å². The molecule has 1 fully saturated rings. The lowest BCUT2D eigenvalue weighted by atomic mass is 10.0. The van der Waals surface area contributed by atoms with Crippen molar-refractivity contribution in [1.82, 2.24) is 15.2 Å². The maximum absolute atomic E-state index is 12.7. The fourth-order valence-corrected chi connectivity index (χ4v) is 4.17. The van der Waals surface area contributed by atoms with Gasteiger partial charge in [0.15, 0.2) is 0 Å². The predicted octanol–water partition coefficient (Wildman–Crippen LogP) is 4.20. The van der Waals surface area contributed by atoms with Gasteiger partial charge in [-0.05, 0) is 42.0 Å². The number of aromatic nitrogens is 1. The Hall–Kier alpha value is -2.50. The number of amides is 1. The third-order valence-corrected chi connectivity index (χ3v) is 5.86. The first kappa shape index (κ1) is 17.9. The second-order valence-corrected chi connectivity index (χ2v) is 7.86. The Morgan fingerprint density at radius 3 is 2.67 bits per heavy atom. The van der Waals surface area contributed by atoms with E-state index in [0.29, 0.717) is 5.56 Å². The van der Waals surface area contributed by atoms with Crippen LogP contribution in [0.2, 0.25) is 0 Å². The number of hydrogen-bond donors (Lipinski definition) is 1. The van der Waals surface area contributed by atoms with Crippen LogP contribution in [0, 0.1) is 0 Å². The van der Waals surface area contributed by atoms with E-state index in [1.165, 1.54) is 5.56 Å². The van der Waals surface area contributed by atoms with Crippen LogP contribution in [0.15, 0.2) is 66.2 Å². The molecule has 0 saturated carbocycles. The Morgan fingerprint density at radius 1 is 1.11 bits per heavy atom. The molecule has 1 aromatic carbocycles. The second kappa shape index (κ2) is 8.46. The van der Waals surface area contributed by atoms with Crippen molar-refractivity contribution in [3.05, 3.63) is 77.3 Å². The molecule has 0 atom stereocenters. The van der Waals surface area contributed by atoms with Crippen molar-refractivity contribution in [3.8, 4) is 10.6 Å². The van der Waals surface area contributed by atoms with Gasteiger partial charge < -0.3 is 5.32 Å². The van der Waals surface area contributed by atoms with Crippen molar-refractivity contribution >= 4 is 17.2 Å². The van der Waals surface area contributed by atoms with Gasteiger partial charge in [-0.15, -0.1) is 11.3 Å². The zero-order chi connectivity index (χ0) is 18.5. The van der Waals surface area contributed by atoms with E-state index in [9.17, 15) is 4.79 Å². The van der Waals surface area contributed by atoms with E-state index in [4.69, 9.17) is 0 Å². The Morgan fingerprint density at radius 2 is 1.93 bits per heavy atom. The molecule has 138 valence electrons. The molecule has 0 unspecified atom stereocenters. The third kappa shape index (κ3) is 4.62. The molecule has 0 spiro atoms. The zero-order valence-electron chi connectivity index (χ0n) is 15.2. The van der Waals surface area contributed by atoms with E-state index in [1.54, 1.807) is 23.6 Å². The van der Waals surface area contributed by atoms with Gasteiger partial charge in [0, 0.05) is 37.4 Å². The highest BCUT2D eigenvalue weighted by molar-refractivity contribution is 7.13. The van der Waals surface area contributed by atoms with Crippen molar-refractivity contribution < 1.29 is 4.79 Å². The van der Waals surface area contributed by atoms with Crippen LogP contribution in [-0.4, -0.2) is 34.9 Å². The molecule has 27 heavy (non-hydrogen) atoms. The number of nitrogens with one attached hydrogen (secondary N) is 1. The SMILES string of the molecule is O=C(NC1CCN(Cc2ccccc2)CC1)c1ccnc(-c2cccs2)c1. The van der Waals surface area contributed by atoms with Gasteiger partial charge in [-0.25, -0.2) is 0 Å². The average Bonchev–Trinajstić information content (AvgIpc) is 3.25. The molecule has 1 N–H and O–H groups in total. The highest BCUT2D eigenvalue weighted by atomic mass is 32.1. The van der Waals surface area contributed by atoms with E-state index < -0.39 is 0 Å². The smallest absolute Gasteiger partial charge is 0.251 e. The molecule has 5 heteroatoms. The quantitative estimate of drug-likeness (QED) is 0.725. The van der Waals surface area contributed by atoms with E-state index >= 15 is 0 Å². The minimum atomic E-state index is -0.00304. The number of nitrogens with zero attached hydrogens (tertiary/aromatic N) is 2. The number of benzene rings is 1. The van der Waals surface area contributed by atoms with E-state index in [0.717, 1.165) is 43.0 Å². The number of carbonyl (C=O) groups is 1. The van der Waals surface area contributed by atoms with Crippen LogP contribution in [0.4, 0.5) is 0 Å². The Balaban J connectivity index is 1.31. The lowest BCUT2D eigenvalue weighted by Gasteiger charge is -2.32. The van der Waals surface area contributed by atoms with Crippen molar-refractivity contribution in [3.63, 3.8) is 0 Å². The summed E-state index contributed by atoms with van der Waals surface area (Å²) in [6.07, 6.45) is 3.69. The van der Waals surface area contributed by atoms with Crippen LogP contribution in [0.5, 0.6) is 0 Å². The lowest BCUT2D eigenvalue weighted by molar-refractivity contribution is 0.0909. The first-order chi connectivity index (χ1) is 13.3. The standard InChI is InChI=1S/C22H23N3OS/c26-22(18-8-11-23-20(15-18)21-7-4-14-27-21)24-19-9-12-25(13-10-19)16-17-5-2-1-3-6-17/h1-8,11,14-15,19H,9-10,12-13,16H2,(H,24,26). The largest absolute Gasteiger partial charge is 0.349 e. The monoisotopic (exact) mass is 377 g/mol. The highest BCUT2D eigenvalue weighted by Gasteiger charge is 2.21. The molecular weight excluding hydrogens is 354 g/mol. The molecular formula is C22H23N3OS. The fraction of sp³-hybridized carbons (Fsp3) is 0.273. The molecule has 2 aromatic heterocycles. The summed E-state index contributed by atoms with van der Waals surface area (Å²) in [6, 6.07) is 18.5. The average molecular weight is 378 g/mol. The fourth-order valence-electron chi connectivity index (χ4n) is 3.48. The van der Waals surface area contributed by atoms with Gasteiger partial charge in [0.25, 0.3) is 5.91 Å². The first-order valence-corrected chi connectivity index (χ1v) is 10.2. The highest BCUT2D eigenvalue weighted by Crippen LogP contribution is 2.23. The normalized spacial score (nSPS) is 15.6. The van der Waals surface area contributed by atoms with Gasteiger partial charge in [0.05, 0.1) is 10.6 Å². The van der Waals surface area contributed by atoms with Gasteiger partial charge in [0.2, 0.25) is 0 Å². The molecule has 0 aliphatic carbocycles. The van der Waals surface area contributed by atoms with Crippen molar-refractivity contribution in [2.45, 2.75) is 25.4 Å². The van der Waals surface area contributed by atoms with Gasteiger partial charge in [-0.3, -0.25) is 14.7 Å². The number of rotatable bonds is 5. The summed E-state index contributed by atoms with van der Waals surface area (Å²) in [5.41, 5.74) is 2.88. The number of hydrogen-bond acceptors (Lipinski definition) is 4. The number of piperidine rings is 1. The molecule has 3 aromatic rings. The molecule has 3 heterocycles. The summed E-state index contributed by atoms with van der Waals surface area (Å²) < 4.78 is 0. The predicted molar refractivity (Wildman–Crippen MR) is 110 cm³/mol. The van der Waals surface area contributed by atoms with Gasteiger partial charge in [-0.1, -0.05) is 36.4 Å². The summed E-state index contributed by atoms with van der Waals surface area (Å²) in [5, 5.41) is 5.22. The molecule has 0 radical (unpaired) electrons. The minimum Gasteiger partial charge on any atom is -0.349 e. The Labute approximate surface area is 163 Å². The van der Waals surface area contributed by atoms with Crippen molar-refractivity contribution in [2.75, 3.05) is 13.1 Å². The number of carbonyl (C=O) groups excluding carboxylic acids is 1. The minimum absolute atomic E-state index is 0.00304. The number of pyridine rings is 1. The molecule has 1 amide bonds. The summed E-state index contributed by atoms with van der Waals surface area (Å²) in [6.45, 7) is 3.00. The second-order valence-electron chi connectivity index (χ2n) is 6.92. The topological polar surface area (TPSA) is 45.2 Å². The summed E-state index contributed by atoms with van der Waals surface area (Å²) in [4.78, 5) is 20.6. The van der Waals surface area contributed by atoms with Crippen LogP contribution in [0.1, 0.15) is 28.8 Å². The van der Waals surface area contributed by atoms with Crippen LogP contribution in [0.3, 0.4) is 0 Å². The zero-order valence-corrected chi connectivity index (χ0v) is 16.0. The van der Waals surface area contributed by atoms with Crippen molar-refractivity contribution in [2.24, 2.45) is 0 Å². The lowest BCUT2D eigenvalue weighted by Crippen LogP contribution is -2.44. The van der Waals surface area contributed by atoms with Crippen LogP contribution >= 0.6 is 11.3 Å². The summed E-state index contributed by atoms with van der Waals surface area (Å²) in [7, 11) is 0. The molecule has 1 aliphatic heterocycles. The van der Waals surface area contributed by atoms with Crippen LogP contribution in [0.25, 0.3) is 10.6 Å². The third-order valence-electron chi connectivity index (χ3n) is 4.97. The molecule has 0 bridgehead atoms. The van der Waals surface area contributed by atoms with E-state index in [1.807, 2.05) is 29.6 Å². The van der Waals surface area contributed by atoms with Gasteiger partial charge in [0.1, 0.15) is 0 Å². The maximum atomic E-state index is 12.7. The van der Waals surface area contributed by atoms with Gasteiger partial charge in [-0.2, -0.15) is 0 Å². The van der Waals surface area contributed by atoms with Crippen molar-refractivity contribution in [1.29, 1.82) is 0 Å². The van der Waals surface area contributed by atoms with Crippen LogP contribution in [-0.2, 0) is 6.54 Å². The number of likely N-dealkylation sites (tertiary alicyclic amines) is 1. The molecule has 1 saturated heterocycles.